The average Bonchev–Trinajstić information content (AvgIpc) is 2.41. The number of benzene rings is 2. The molecule has 0 aliphatic rings. The lowest BCUT2D eigenvalue weighted by Gasteiger charge is -2.11. The first-order valence-electron chi connectivity index (χ1n) is 6.56. The van der Waals surface area contributed by atoms with E-state index in [0.29, 0.717) is 5.69 Å². The Morgan fingerprint density at radius 3 is 2.70 bits per heavy atom. The summed E-state index contributed by atoms with van der Waals surface area (Å²) in [5, 5.41) is 2.75. The predicted octanol–water partition coefficient (Wildman–Crippen LogP) is 3.61. The van der Waals surface area contributed by atoms with Crippen LogP contribution in [-0.2, 0) is 6.42 Å². The highest BCUT2D eigenvalue weighted by Crippen LogP contribution is 2.19. The minimum absolute atomic E-state index is 0.00879. The van der Waals surface area contributed by atoms with Gasteiger partial charge in [0.15, 0.2) is 0 Å². The molecule has 0 saturated heterocycles. The van der Waals surface area contributed by atoms with Gasteiger partial charge in [-0.1, -0.05) is 31.5 Å². The highest BCUT2D eigenvalue weighted by Gasteiger charge is 2.13. The maximum absolute atomic E-state index is 13.7. The van der Waals surface area contributed by atoms with E-state index >= 15 is 0 Å². The van der Waals surface area contributed by atoms with Crippen molar-refractivity contribution in [3.05, 3.63) is 59.4 Å². The number of para-hydroxylation sites is 1. The lowest BCUT2D eigenvalue weighted by molar-refractivity contribution is 0.102. The van der Waals surface area contributed by atoms with Crippen LogP contribution < -0.4 is 11.1 Å². The summed E-state index contributed by atoms with van der Waals surface area (Å²) in [6.07, 6.45) is 1.84. The standard InChI is InChI=1S/C16H17FN2O/c1-2-5-11-6-3-4-7-15(11)19-16(20)13-9-8-12(18)10-14(13)17/h3-4,6-10H,2,5,18H2,1H3,(H,19,20). The first kappa shape index (κ1) is 14.1. The van der Waals surface area contributed by atoms with Gasteiger partial charge < -0.3 is 11.1 Å². The molecule has 0 aromatic heterocycles. The normalized spacial score (nSPS) is 10.3. The third-order valence-corrected chi connectivity index (χ3v) is 3.02. The van der Waals surface area contributed by atoms with Crippen molar-refractivity contribution in [2.45, 2.75) is 19.8 Å². The smallest absolute Gasteiger partial charge is 0.258 e. The molecular formula is C16H17FN2O. The SMILES string of the molecule is CCCc1ccccc1NC(=O)c1ccc(N)cc1F. The fourth-order valence-corrected chi connectivity index (χ4v) is 2.03. The lowest BCUT2D eigenvalue weighted by Crippen LogP contribution is -2.15. The number of carbonyl (C=O) groups is 1. The molecule has 0 radical (unpaired) electrons. The molecule has 0 atom stereocenters. The van der Waals surface area contributed by atoms with Gasteiger partial charge in [-0.2, -0.15) is 0 Å². The van der Waals surface area contributed by atoms with Gasteiger partial charge in [-0.25, -0.2) is 4.39 Å². The van der Waals surface area contributed by atoms with Gasteiger partial charge in [-0.05, 0) is 36.2 Å². The molecule has 0 unspecified atom stereocenters. The molecular weight excluding hydrogens is 255 g/mol. The van der Waals surface area contributed by atoms with Gasteiger partial charge >= 0.3 is 0 Å². The Morgan fingerprint density at radius 2 is 2.00 bits per heavy atom. The van der Waals surface area contributed by atoms with E-state index in [2.05, 4.69) is 12.2 Å². The van der Waals surface area contributed by atoms with Gasteiger partial charge in [0, 0.05) is 11.4 Å². The molecule has 0 heterocycles. The topological polar surface area (TPSA) is 55.1 Å². The van der Waals surface area contributed by atoms with E-state index in [1.54, 1.807) is 0 Å². The van der Waals surface area contributed by atoms with Crippen LogP contribution in [0.1, 0.15) is 29.3 Å². The number of amides is 1. The number of nitrogen functional groups attached to an aromatic ring is 1. The van der Waals surface area contributed by atoms with E-state index in [1.807, 2.05) is 24.3 Å². The predicted molar refractivity (Wildman–Crippen MR) is 79.2 cm³/mol. The van der Waals surface area contributed by atoms with Gasteiger partial charge in [0.25, 0.3) is 5.91 Å². The fraction of sp³-hybridized carbons (Fsp3) is 0.188. The van der Waals surface area contributed by atoms with E-state index < -0.39 is 11.7 Å². The summed E-state index contributed by atoms with van der Waals surface area (Å²) in [6.45, 7) is 2.07. The van der Waals surface area contributed by atoms with Crippen molar-refractivity contribution in [3.8, 4) is 0 Å². The van der Waals surface area contributed by atoms with Gasteiger partial charge in [0.2, 0.25) is 0 Å². The minimum atomic E-state index is -0.615. The molecule has 3 nitrogen and oxygen atoms in total. The molecule has 0 aliphatic carbocycles. The molecule has 2 aromatic carbocycles. The van der Waals surface area contributed by atoms with Crippen molar-refractivity contribution < 1.29 is 9.18 Å². The van der Waals surface area contributed by atoms with Crippen molar-refractivity contribution in [3.63, 3.8) is 0 Å². The summed E-state index contributed by atoms with van der Waals surface area (Å²) in [5.41, 5.74) is 7.52. The molecule has 4 heteroatoms. The van der Waals surface area contributed by atoms with Crippen molar-refractivity contribution in [2.24, 2.45) is 0 Å². The Hall–Kier alpha value is -2.36. The summed E-state index contributed by atoms with van der Waals surface area (Å²) in [7, 11) is 0. The fourth-order valence-electron chi connectivity index (χ4n) is 2.03. The molecule has 0 aliphatic heterocycles. The monoisotopic (exact) mass is 272 g/mol. The average molecular weight is 272 g/mol. The van der Waals surface area contributed by atoms with Crippen LogP contribution >= 0.6 is 0 Å². The molecule has 0 saturated carbocycles. The Bertz CT molecular complexity index is 626. The van der Waals surface area contributed by atoms with Gasteiger partial charge in [-0.15, -0.1) is 0 Å². The number of nitrogens with one attached hydrogen (secondary N) is 1. The molecule has 0 bridgehead atoms. The Labute approximate surface area is 117 Å². The summed E-state index contributed by atoms with van der Waals surface area (Å²) in [5.74, 6) is -1.08. The van der Waals surface area contributed by atoms with Crippen LogP contribution in [0, 0.1) is 5.82 Å². The first-order chi connectivity index (χ1) is 9.61. The van der Waals surface area contributed by atoms with Crippen LogP contribution in [0.25, 0.3) is 0 Å². The van der Waals surface area contributed by atoms with E-state index in [4.69, 9.17) is 5.73 Å². The number of hydrogen-bond donors (Lipinski definition) is 2. The van der Waals surface area contributed by atoms with E-state index in [-0.39, 0.29) is 5.56 Å². The number of hydrogen-bond acceptors (Lipinski definition) is 2. The number of carbonyl (C=O) groups excluding carboxylic acids is 1. The van der Waals surface area contributed by atoms with Crippen molar-refractivity contribution in [1.82, 2.24) is 0 Å². The second-order valence-electron chi connectivity index (χ2n) is 4.60. The highest BCUT2D eigenvalue weighted by molar-refractivity contribution is 6.05. The lowest BCUT2D eigenvalue weighted by atomic mass is 10.1. The molecule has 0 spiro atoms. The maximum Gasteiger partial charge on any atom is 0.258 e. The molecule has 2 rings (SSSR count). The third kappa shape index (κ3) is 3.15. The largest absolute Gasteiger partial charge is 0.399 e. The van der Waals surface area contributed by atoms with E-state index in [9.17, 15) is 9.18 Å². The second kappa shape index (κ2) is 6.19. The van der Waals surface area contributed by atoms with E-state index in [0.717, 1.165) is 30.2 Å². The van der Waals surface area contributed by atoms with Crippen LogP contribution in [0.3, 0.4) is 0 Å². The van der Waals surface area contributed by atoms with Crippen molar-refractivity contribution >= 4 is 17.3 Å². The summed E-state index contributed by atoms with van der Waals surface area (Å²) < 4.78 is 13.7. The molecule has 3 N–H and O–H groups in total. The van der Waals surface area contributed by atoms with Crippen molar-refractivity contribution in [2.75, 3.05) is 11.1 Å². The summed E-state index contributed by atoms with van der Waals surface area (Å²) in [6, 6.07) is 11.6. The quantitative estimate of drug-likeness (QED) is 0.835. The van der Waals surface area contributed by atoms with Crippen LogP contribution in [-0.4, -0.2) is 5.91 Å². The summed E-state index contributed by atoms with van der Waals surface area (Å²) in [4.78, 5) is 12.1. The van der Waals surface area contributed by atoms with Gasteiger partial charge in [0.05, 0.1) is 5.56 Å². The van der Waals surface area contributed by atoms with E-state index in [1.165, 1.54) is 12.1 Å². The molecule has 104 valence electrons. The zero-order valence-corrected chi connectivity index (χ0v) is 11.3. The van der Waals surface area contributed by atoms with Crippen LogP contribution in [0.5, 0.6) is 0 Å². The second-order valence-corrected chi connectivity index (χ2v) is 4.60. The van der Waals surface area contributed by atoms with Crippen LogP contribution in [0.2, 0.25) is 0 Å². The molecule has 1 amide bonds. The summed E-state index contributed by atoms with van der Waals surface area (Å²) >= 11 is 0. The number of anilines is 2. The van der Waals surface area contributed by atoms with Crippen LogP contribution in [0.15, 0.2) is 42.5 Å². The first-order valence-corrected chi connectivity index (χ1v) is 6.56. The number of rotatable bonds is 4. The van der Waals surface area contributed by atoms with Crippen LogP contribution in [0.4, 0.5) is 15.8 Å². The highest BCUT2D eigenvalue weighted by atomic mass is 19.1. The minimum Gasteiger partial charge on any atom is -0.399 e. The van der Waals surface area contributed by atoms with Gasteiger partial charge in [-0.3, -0.25) is 4.79 Å². The number of halogens is 1. The van der Waals surface area contributed by atoms with Crippen molar-refractivity contribution in [1.29, 1.82) is 0 Å². The number of aryl methyl sites for hydroxylation is 1. The molecule has 2 aromatic rings. The Morgan fingerprint density at radius 1 is 1.25 bits per heavy atom. The maximum atomic E-state index is 13.7. The Balaban J connectivity index is 2.23. The zero-order valence-electron chi connectivity index (χ0n) is 11.3. The third-order valence-electron chi connectivity index (χ3n) is 3.02. The zero-order chi connectivity index (χ0) is 14.5. The number of nitrogens with two attached hydrogens (primary N) is 1. The Kier molecular flexibility index (Phi) is 4.35. The molecule has 20 heavy (non-hydrogen) atoms. The molecule has 0 fully saturated rings. The van der Waals surface area contributed by atoms with Gasteiger partial charge in [0.1, 0.15) is 5.82 Å².